The number of carbonyl (C=O) groups is 1. The Morgan fingerprint density at radius 1 is 1.40 bits per heavy atom. The van der Waals surface area contributed by atoms with Gasteiger partial charge in [-0.1, -0.05) is 19.9 Å². The maximum absolute atomic E-state index is 10.7. The third-order valence-corrected chi connectivity index (χ3v) is 1.80. The molecule has 0 aromatic carbocycles. The lowest BCUT2D eigenvalue weighted by molar-refractivity contribution is -0.117. The van der Waals surface area contributed by atoms with Crippen molar-refractivity contribution in [3.8, 4) is 0 Å². The van der Waals surface area contributed by atoms with Crippen molar-refractivity contribution >= 4 is 43.0 Å². The minimum Gasteiger partial charge on any atom is -0.295 e. The maximum atomic E-state index is 10.7. The summed E-state index contributed by atoms with van der Waals surface area (Å²) in [6.45, 7) is 4.03. The van der Waals surface area contributed by atoms with Gasteiger partial charge < -0.3 is 0 Å². The molecule has 0 amide bonds. The zero-order valence-electron chi connectivity index (χ0n) is 5.97. The highest BCUT2D eigenvalue weighted by Gasteiger charge is 2.20. The second-order valence-electron chi connectivity index (χ2n) is 2.41. The first-order chi connectivity index (χ1) is 4.72. The van der Waals surface area contributed by atoms with Crippen LogP contribution in [0.3, 0.4) is 0 Å². The number of halogens is 2. The molecule has 0 heterocycles. The summed E-state index contributed by atoms with van der Waals surface area (Å²) >= 11 is 4.24. The predicted molar refractivity (Wildman–Crippen MR) is 60.5 cm³/mol. The van der Waals surface area contributed by atoms with Gasteiger partial charge in [0.15, 0.2) is 5.78 Å². The van der Waals surface area contributed by atoms with Gasteiger partial charge in [-0.05, 0) is 12.0 Å². The summed E-state index contributed by atoms with van der Waals surface area (Å²) in [5.41, 5.74) is 0. The fraction of sp³-hybridized carbons (Fsp3) is 0.571. The molecule has 3 heteroatoms. The number of carbonyl (C=O) groups excluding carboxylic acids is 1. The van der Waals surface area contributed by atoms with E-state index in [-0.39, 0.29) is 11.7 Å². The van der Waals surface area contributed by atoms with Gasteiger partial charge in [0.2, 0.25) is 0 Å². The molecule has 1 rings (SSSR count). The largest absolute Gasteiger partial charge is 0.295 e. The van der Waals surface area contributed by atoms with Crippen LogP contribution in [0.2, 0.25) is 0 Å². The Hall–Kier alpha value is 0.870. The molecule has 58 valence electrons. The summed E-state index contributed by atoms with van der Waals surface area (Å²) in [6.07, 6.45) is 3.64. The van der Waals surface area contributed by atoms with E-state index >= 15 is 0 Å². The van der Waals surface area contributed by atoms with Crippen LogP contribution in [-0.2, 0) is 4.79 Å². The molecule has 2 atom stereocenters. The Labute approximate surface area is 85.0 Å². The molecule has 0 bridgehead atoms. The van der Waals surface area contributed by atoms with Crippen LogP contribution in [0.25, 0.3) is 0 Å². The van der Waals surface area contributed by atoms with E-state index in [9.17, 15) is 4.79 Å². The summed E-state index contributed by atoms with van der Waals surface area (Å²) in [7, 11) is 0. The molecule has 1 aliphatic rings. The van der Waals surface area contributed by atoms with Crippen molar-refractivity contribution in [1.82, 2.24) is 0 Å². The van der Waals surface area contributed by atoms with Gasteiger partial charge in [0, 0.05) is 43.1 Å². The van der Waals surface area contributed by atoms with Crippen molar-refractivity contribution < 1.29 is 4.79 Å². The summed E-state index contributed by atoms with van der Waals surface area (Å²) < 4.78 is 0. The Morgan fingerprint density at radius 2 is 1.90 bits per heavy atom. The highest BCUT2D eigenvalue weighted by Crippen LogP contribution is 2.19. The second-order valence-corrected chi connectivity index (χ2v) is 2.41. The number of ketones is 1. The zero-order valence-corrected chi connectivity index (χ0v) is 10.3. The molecule has 0 saturated carbocycles. The lowest BCUT2D eigenvalue weighted by atomic mass is 10.00. The molecule has 0 N–H and O–H groups in total. The van der Waals surface area contributed by atoms with Crippen LogP contribution < -0.4 is 0 Å². The van der Waals surface area contributed by atoms with Crippen molar-refractivity contribution in [3.63, 3.8) is 0 Å². The van der Waals surface area contributed by atoms with Gasteiger partial charge in [-0.15, -0.1) is 0 Å². The molecule has 0 radical (unpaired) electrons. The van der Waals surface area contributed by atoms with Crippen LogP contribution in [0.4, 0.5) is 0 Å². The maximum Gasteiger partial charge on any atom is 0.158 e. The number of hydrogen-bond donors (Lipinski definition) is 0. The highest BCUT2D eigenvalue weighted by molar-refractivity contribution is 15.0. The van der Waals surface area contributed by atoms with Gasteiger partial charge in [0.25, 0.3) is 0 Å². The van der Waals surface area contributed by atoms with Crippen LogP contribution in [0, 0.1) is 11.8 Å². The fourth-order valence-corrected chi connectivity index (χ4v) is 0.824. The Morgan fingerprint density at radius 3 is 2.00 bits per heavy atom. The summed E-state index contributed by atoms with van der Waals surface area (Å²) in [5, 5.41) is 0. The van der Waals surface area contributed by atoms with Gasteiger partial charge >= 0.3 is 0 Å². The molecule has 0 aromatic heterocycles. The normalized spacial score (nSPS) is 29.8. The van der Waals surface area contributed by atoms with E-state index in [2.05, 4.69) is 44.2 Å². The van der Waals surface area contributed by atoms with Crippen LogP contribution in [0.15, 0.2) is 12.2 Å². The molecule has 0 spiro atoms. The quantitative estimate of drug-likeness (QED) is 0.604. The van der Waals surface area contributed by atoms with Crippen molar-refractivity contribution in [3.05, 3.63) is 12.2 Å². The number of hydrogen-bond acceptors (Lipinski definition) is 1. The van der Waals surface area contributed by atoms with E-state index in [0.717, 1.165) is 0 Å². The topological polar surface area (TPSA) is 17.1 Å². The molecule has 0 saturated heterocycles. The van der Waals surface area contributed by atoms with Gasteiger partial charge in [-0.3, -0.25) is 4.79 Å². The van der Waals surface area contributed by atoms with Crippen LogP contribution in [0.5, 0.6) is 0 Å². The average molecular weight is 364 g/mol. The molecule has 1 nitrogen and oxygen atoms in total. The van der Waals surface area contributed by atoms with Gasteiger partial charge in [0.05, 0.1) is 0 Å². The van der Waals surface area contributed by atoms with E-state index in [4.69, 9.17) is 0 Å². The zero-order chi connectivity index (χ0) is 8.15. The molecule has 0 aromatic rings. The molecule has 10 heavy (non-hydrogen) atoms. The average Bonchev–Trinajstić information content (AvgIpc) is 2.25. The lowest BCUT2D eigenvalue weighted by Gasteiger charge is -2.03. The molecule has 0 fully saturated rings. The third kappa shape index (κ3) is 2.86. The fourth-order valence-electron chi connectivity index (χ4n) is 0.824. The smallest absolute Gasteiger partial charge is 0.158 e. The first kappa shape index (κ1) is 10.9. The SMILES string of the molecule is CC1C=CC(=O)C1C.II. The monoisotopic (exact) mass is 364 g/mol. The van der Waals surface area contributed by atoms with Crippen molar-refractivity contribution in [2.75, 3.05) is 0 Å². The van der Waals surface area contributed by atoms with Gasteiger partial charge in [0.1, 0.15) is 0 Å². The lowest BCUT2D eigenvalue weighted by Crippen LogP contribution is -2.07. The molecular formula is C7H10I2O. The first-order valence-electron chi connectivity index (χ1n) is 3.08. The van der Waals surface area contributed by atoms with E-state index in [1.54, 1.807) is 6.08 Å². The standard InChI is InChI=1S/C7H10O.I2/c1-5-3-4-7(8)6(5)2;1-2/h3-6H,1-2H3;. The second kappa shape index (κ2) is 5.51. The van der Waals surface area contributed by atoms with Crippen LogP contribution in [0.1, 0.15) is 13.8 Å². The Balaban J connectivity index is 0.000000371. The molecule has 0 aliphatic heterocycles. The Kier molecular flexibility index (Phi) is 5.99. The van der Waals surface area contributed by atoms with Crippen molar-refractivity contribution in [1.29, 1.82) is 0 Å². The van der Waals surface area contributed by atoms with Gasteiger partial charge in [-0.25, -0.2) is 0 Å². The first-order valence-corrected chi connectivity index (χ1v) is 9.36. The minimum absolute atomic E-state index is 0.231. The van der Waals surface area contributed by atoms with Crippen molar-refractivity contribution in [2.24, 2.45) is 11.8 Å². The van der Waals surface area contributed by atoms with Gasteiger partial charge in [-0.2, -0.15) is 0 Å². The Bertz CT molecular complexity index is 143. The summed E-state index contributed by atoms with van der Waals surface area (Å²) in [6, 6.07) is 0. The number of allylic oxidation sites excluding steroid dienone is 2. The van der Waals surface area contributed by atoms with Crippen LogP contribution in [-0.4, -0.2) is 5.78 Å². The van der Waals surface area contributed by atoms with Crippen LogP contribution >= 0.6 is 37.2 Å². The highest BCUT2D eigenvalue weighted by atomic mass is 128. The molecule has 2 unspecified atom stereocenters. The van der Waals surface area contributed by atoms with Crippen molar-refractivity contribution in [2.45, 2.75) is 13.8 Å². The van der Waals surface area contributed by atoms with E-state index in [1.807, 2.05) is 13.0 Å². The summed E-state index contributed by atoms with van der Waals surface area (Å²) in [5.74, 6) is 0.968. The summed E-state index contributed by atoms with van der Waals surface area (Å²) in [4.78, 5) is 10.7. The predicted octanol–water partition coefficient (Wildman–Crippen LogP) is 3.17. The van der Waals surface area contributed by atoms with E-state index in [1.165, 1.54) is 0 Å². The molecular weight excluding hydrogens is 354 g/mol. The minimum atomic E-state index is 0.231. The molecule has 1 aliphatic carbocycles. The van der Waals surface area contributed by atoms with E-state index in [0.29, 0.717) is 5.92 Å². The number of rotatable bonds is 0. The van der Waals surface area contributed by atoms with E-state index < -0.39 is 0 Å². The third-order valence-electron chi connectivity index (χ3n) is 1.80.